The number of nitriles is 1. The van der Waals surface area contributed by atoms with E-state index in [-0.39, 0.29) is 5.60 Å². The number of imidazole rings is 1. The van der Waals surface area contributed by atoms with Crippen molar-refractivity contribution in [2.75, 3.05) is 6.61 Å². The molecule has 1 spiro atoms. The molecule has 2 aliphatic rings. The van der Waals surface area contributed by atoms with Crippen molar-refractivity contribution in [3.8, 4) is 6.07 Å². The number of benzene rings is 1. The SMILES string of the molecule is N#Cc1ccc2ncn(C[C@H]3CCC[C@]4(CO4)C3)c2c1. The predicted octanol–water partition coefficient (Wildman–Crippen LogP) is 2.87. The third-order valence-corrected chi connectivity index (χ3v) is 4.66. The van der Waals surface area contributed by atoms with Crippen molar-refractivity contribution in [2.45, 2.75) is 37.8 Å². The fourth-order valence-corrected chi connectivity index (χ4v) is 3.51. The Kier molecular flexibility index (Phi) is 2.58. The number of epoxide rings is 1. The number of hydrogen-bond donors (Lipinski definition) is 0. The number of ether oxygens (including phenoxy) is 1. The fraction of sp³-hybridized carbons (Fsp3) is 0.500. The van der Waals surface area contributed by atoms with E-state index in [9.17, 15) is 0 Å². The van der Waals surface area contributed by atoms with Crippen molar-refractivity contribution in [3.63, 3.8) is 0 Å². The molecule has 1 saturated heterocycles. The molecule has 1 aliphatic heterocycles. The largest absolute Gasteiger partial charge is 0.370 e. The molecule has 0 radical (unpaired) electrons. The Hall–Kier alpha value is -1.86. The monoisotopic (exact) mass is 267 g/mol. The molecule has 102 valence electrons. The second-order valence-electron chi connectivity index (χ2n) is 6.15. The third-order valence-electron chi connectivity index (χ3n) is 4.66. The van der Waals surface area contributed by atoms with Crippen LogP contribution >= 0.6 is 0 Å². The Morgan fingerprint density at radius 3 is 3.20 bits per heavy atom. The molecular weight excluding hydrogens is 250 g/mol. The molecule has 2 heterocycles. The zero-order chi connectivity index (χ0) is 13.6. The highest BCUT2D eigenvalue weighted by atomic mass is 16.6. The van der Waals surface area contributed by atoms with Crippen molar-refractivity contribution >= 4 is 11.0 Å². The van der Waals surface area contributed by atoms with Crippen LogP contribution in [-0.4, -0.2) is 21.8 Å². The molecule has 1 aromatic carbocycles. The topological polar surface area (TPSA) is 54.1 Å². The van der Waals surface area contributed by atoms with Gasteiger partial charge in [0.25, 0.3) is 0 Å². The quantitative estimate of drug-likeness (QED) is 0.786. The number of aromatic nitrogens is 2. The normalized spacial score (nSPS) is 28.6. The van der Waals surface area contributed by atoms with Crippen molar-refractivity contribution < 1.29 is 4.74 Å². The average molecular weight is 267 g/mol. The van der Waals surface area contributed by atoms with E-state index in [1.54, 1.807) is 0 Å². The molecule has 0 amide bonds. The van der Waals surface area contributed by atoms with E-state index < -0.39 is 0 Å². The van der Waals surface area contributed by atoms with Crippen LogP contribution in [0, 0.1) is 17.2 Å². The lowest BCUT2D eigenvalue weighted by atomic mass is 9.81. The average Bonchev–Trinajstić information content (AvgIpc) is 3.09. The van der Waals surface area contributed by atoms with Crippen LogP contribution in [-0.2, 0) is 11.3 Å². The summed E-state index contributed by atoms with van der Waals surface area (Å²) in [5.41, 5.74) is 2.96. The zero-order valence-electron chi connectivity index (χ0n) is 11.4. The molecule has 4 nitrogen and oxygen atoms in total. The van der Waals surface area contributed by atoms with E-state index in [1.165, 1.54) is 25.7 Å². The molecule has 20 heavy (non-hydrogen) atoms. The maximum absolute atomic E-state index is 9.03. The van der Waals surface area contributed by atoms with E-state index >= 15 is 0 Å². The molecule has 0 N–H and O–H groups in total. The van der Waals surface area contributed by atoms with Gasteiger partial charge in [-0.25, -0.2) is 4.98 Å². The summed E-state index contributed by atoms with van der Waals surface area (Å²) in [7, 11) is 0. The molecule has 0 unspecified atom stereocenters. The van der Waals surface area contributed by atoms with Gasteiger partial charge in [0.2, 0.25) is 0 Å². The zero-order valence-corrected chi connectivity index (χ0v) is 11.4. The van der Waals surface area contributed by atoms with E-state index in [4.69, 9.17) is 10.00 Å². The van der Waals surface area contributed by atoms with Crippen LogP contribution in [0.1, 0.15) is 31.2 Å². The van der Waals surface area contributed by atoms with Crippen LogP contribution in [0.25, 0.3) is 11.0 Å². The Labute approximate surface area is 118 Å². The van der Waals surface area contributed by atoms with E-state index in [2.05, 4.69) is 15.6 Å². The van der Waals surface area contributed by atoms with E-state index in [0.717, 1.165) is 24.2 Å². The van der Waals surface area contributed by atoms with E-state index in [1.807, 2.05) is 24.5 Å². The first-order chi connectivity index (χ1) is 9.78. The highest BCUT2D eigenvalue weighted by molar-refractivity contribution is 5.76. The second kappa shape index (κ2) is 4.32. The Balaban J connectivity index is 1.60. The fourth-order valence-electron chi connectivity index (χ4n) is 3.51. The third kappa shape index (κ3) is 1.99. The lowest BCUT2D eigenvalue weighted by Crippen LogP contribution is -2.25. The van der Waals surface area contributed by atoms with Crippen molar-refractivity contribution in [1.29, 1.82) is 5.26 Å². The van der Waals surface area contributed by atoms with Gasteiger partial charge in [-0.15, -0.1) is 0 Å². The van der Waals surface area contributed by atoms with Crippen molar-refractivity contribution in [2.24, 2.45) is 5.92 Å². The van der Waals surface area contributed by atoms with Crippen LogP contribution < -0.4 is 0 Å². The number of rotatable bonds is 2. The van der Waals surface area contributed by atoms with Gasteiger partial charge in [0.05, 0.1) is 41.2 Å². The first-order valence-electron chi connectivity index (χ1n) is 7.27. The Bertz CT molecular complexity index is 693. The molecule has 1 saturated carbocycles. The number of hydrogen-bond acceptors (Lipinski definition) is 3. The molecule has 0 bridgehead atoms. The Morgan fingerprint density at radius 1 is 1.50 bits per heavy atom. The number of nitrogens with zero attached hydrogens (tertiary/aromatic N) is 3. The van der Waals surface area contributed by atoms with Crippen LogP contribution in [0.3, 0.4) is 0 Å². The van der Waals surface area contributed by atoms with Gasteiger partial charge in [-0.3, -0.25) is 0 Å². The summed E-state index contributed by atoms with van der Waals surface area (Å²) >= 11 is 0. The lowest BCUT2D eigenvalue weighted by Gasteiger charge is -2.27. The summed E-state index contributed by atoms with van der Waals surface area (Å²) in [6.45, 7) is 1.93. The summed E-state index contributed by atoms with van der Waals surface area (Å²) in [6, 6.07) is 7.89. The van der Waals surface area contributed by atoms with Gasteiger partial charge in [-0.05, 0) is 43.4 Å². The van der Waals surface area contributed by atoms with Gasteiger partial charge in [-0.1, -0.05) is 6.42 Å². The van der Waals surface area contributed by atoms with Crippen molar-refractivity contribution in [3.05, 3.63) is 30.1 Å². The van der Waals surface area contributed by atoms with Gasteiger partial charge in [-0.2, -0.15) is 5.26 Å². The predicted molar refractivity (Wildman–Crippen MR) is 75.1 cm³/mol. The van der Waals surface area contributed by atoms with Crippen LogP contribution in [0.4, 0.5) is 0 Å². The molecular formula is C16H17N3O. The molecule has 2 aromatic rings. The maximum atomic E-state index is 9.03. The van der Waals surface area contributed by atoms with Gasteiger partial charge < -0.3 is 9.30 Å². The molecule has 4 heteroatoms. The highest BCUT2D eigenvalue weighted by Gasteiger charge is 2.47. The molecule has 2 atom stereocenters. The van der Waals surface area contributed by atoms with Gasteiger partial charge in [0.15, 0.2) is 0 Å². The van der Waals surface area contributed by atoms with Gasteiger partial charge in [0, 0.05) is 6.54 Å². The van der Waals surface area contributed by atoms with Gasteiger partial charge >= 0.3 is 0 Å². The minimum Gasteiger partial charge on any atom is -0.370 e. The van der Waals surface area contributed by atoms with Crippen LogP contribution in [0.2, 0.25) is 0 Å². The highest BCUT2D eigenvalue weighted by Crippen LogP contribution is 2.44. The minimum atomic E-state index is 0.219. The van der Waals surface area contributed by atoms with Gasteiger partial charge in [0.1, 0.15) is 0 Å². The second-order valence-corrected chi connectivity index (χ2v) is 6.15. The molecule has 2 fully saturated rings. The summed E-state index contributed by atoms with van der Waals surface area (Å²) in [4.78, 5) is 4.43. The first-order valence-corrected chi connectivity index (χ1v) is 7.27. The first kappa shape index (κ1) is 11.9. The van der Waals surface area contributed by atoms with Crippen LogP contribution in [0.5, 0.6) is 0 Å². The minimum absolute atomic E-state index is 0.219. The smallest absolute Gasteiger partial charge is 0.0992 e. The van der Waals surface area contributed by atoms with E-state index in [0.29, 0.717) is 11.5 Å². The summed E-state index contributed by atoms with van der Waals surface area (Å²) in [6.07, 6.45) is 6.84. The lowest BCUT2D eigenvalue weighted by molar-refractivity contribution is 0.179. The summed E-state index contributed by atoms with van der Waals surface area (Å²) in [5.74, 6) is 0.661. The standard InChI is InChI=1S/C16H17N3O/c17-8-12-3-4-14-15(6-12)19(11-18-14)9-13-2-1-5-16(7-13)10-20-16/h3-4,6,11,13H,1-2,5,7,9-10H2/t13-,16+/m0/s1. The summed E-state index contributed by atoms with van der Waals surface area (Å²) < 4.78 is 7.84. The molecule has 1 aromatic heterocycles. The molecule has 1 aliphatic carbocycles. The van der Waals surface area contributed by atoms with Crippen molar-refractivity contribution in [1.82, 2.24) is 9.55 Å². The van der Waals surface area contributed by atoms with Crippen LogP contribution in [0.15, 0.2) is 24.5 Å². The Morgan fingerprint density at radius 2 is 2.40 bits per heavy atom. The summed E-state index contributed by atoms with van der Waals surface area (Å²) in [5, 5.41) is 9.03. The maximum Gasteiger partial charge on any atom is 0.0992 e. The molecule has 4 rings (SSSR count). The number of fused-ring (bicyclic) bond motifs is 1.